The Hall–Kier alpha value is -2.15. The summed E-state index contributed by atoms with van der Waals surface area (Å²) in [6.07, 6.45) is 2.89. The Balaban J connectivity index is 1.73. The molecule has 1 aliphatic carbocycles. The minimum atomic E-state index is -0.346. The fourth-order valence-electron chi connectivity index (χ4n) is 3.07. The van der Waals surface area contributed by atoms with E-state index in [-0.39, 0.29) is 28.8 Å². The third-order valence-electron chi connectivity index (χ3n) is 4.93. The average Bonchev–Trinajstić information content (AvgIpc) is 3.40. The maximum absolute atomic E-state index is 12.9. The zero-order chi connectivity index (χ0) is 20.5. The number of nitrogens with zero attached hydrogens (tertiary/aromatic N) is 3. The number of thioether (sulfide) groups is 1. The minimum absolute atomic E-state index is 0.0595. The highest BCUT2D eigenvalue weighted by molar-refractivity contribution is 8.00. The van der Waals surface area contributed by atoms with Crippen molar-refractivity contribution in [2.75, 3.05) is 0 Å². The van der Waals surface area contributed by atoms with Crippen LogP contribution in [0.5, 0.6) is 0 Å². The van der Waals surface area contributed by atoms with Crippen molar-refractivity contribution in [3.05, 3.63) is 41.2 Å². The first kappa shape index (κ1) is 20.6. The molecule has 1 fully saturated rings. The van der Waals surface area contributed by atoms with Crippen LogP contribution < -0.4 is 5.73 Å². The van der Waals surface area contributed by atoms with Gasteiger partial charge in [0.2, 0.25) is 5.91 Å². The van der Waals surface area contributed by atoms with Gasteiger partial charge in [-0.3, -0.25) is 9.59 Å². The van der Waals surface area contributed by atoms with E-state index < -0.39 is 0 Å². The highest BCUT2D eigenvalue weighted by atomic mass is 32.2. The number of rotatable bonds is 8. The van der Waals surface area contributed by atoms with E-state index in [1.54, 1.807) is 0 Å². The summed E-state index contributed by atoms with van der Waals surface area (Å²) in [5.74, 6) is 0.509. The van der Waals surface area contributed by atoms with Gasteiger partial charge in [-0.2, -0.15) is 0 Å². The first-order chi connectivity index (χ1) is 13.2. The highest BCUT2D eigenvalue weighted by Crippen LogP contribution is 2.40. The SMILES string of the molecule is C[C@@H](Sc1nnc(CCC(N)=O)n1C1CC1)C(=O)c1ccc(C(C)(C)C)cc1. The van der Waals surface area contributed by atoms with Crippen LogP contribution in [0.15, 0.2) is 29.4 Å². The summed E-state index contributed by atoms with van der Waals surface area (Å²) in [4.78, 5) is 24.0. The summed E-state index contributed by atoms with van der Waals surface area (Å²) in [6.45, 7) is 8.37. The molecule has 1 heterocycles. The van der Waals surface area contributed by atoms with Crippen molar-refractivity contribution in [1.82, 2.24) is 14.8 Å². The van der Waals surface area contributed by atoms with E-state index in [1.807, 2.05) is 31.2 Å². The molecule has 2 aromatic rings. The smallest absolute Gasteiger partial charge is 0.217 e. The Bertz CT molecular complexity index is 864. The number of Topliss-reactive ketones (excluding diaryl/α,β-unsaturated/α-hetero) is 1. The quantitative estimate of drug-likeness (QED) is 0.539. The van der Waals surface area contributed by atoms with E-state index in [0.717, 1.165) is 23.8 Å². The molecule has 28 heavy (non-hydrogen) atoms. The topological polar surface area (TPSA) is 90.9 Å². The monoisotopic (exact) mass is 400 g/mol. The van der Waals surface area contributed by atoms with E-state index in [9.17, 15) is 9.59 Å². The Morgan fingerprint density at radius 2 is 1.86 bits per heavy atom. The van der Waals surface area contributed by atoms with E-state index in [0.29, 0.717) is 18.0 Å². The van der Waals surface area contributed by atoms with Crippen LogP contribution in [0.1, 0.15) is 74.7 Å². The van der Waals surface area contributed by atoms with Gasteiger partial charge in [-0.25, -0.2) is 0 Å². The fourth-order valence-corrected chi connectivity index (χ4v) is 4.09. The number of amides is 1. The second-order valence-corrected chi connectivity index (χ2v) is 9.73. The Morgan fingerprint density at radius 3 is 2.39 bits per heavy atom. The lowest BCUT2D eigenvalue weighted by Gasteiger charge is -2.19. The molecule has 7 heteroatoms. The van der Waals surface area contributed by atoms with Gasteiger partial charge in [0.05, 0.1) is 5.25 Å². The summed E-state index contributed by atoms with van der Waals surface area (Å²) in [5, 5.41) is 9.01. The normalized spacial score (nSPS) is 15.4. The van der Waals surface area contributed by atoms with E-state index in [1.165, 1.54) is 17.3 Å². The molecule has 0 spiro atoms. The van der Waals surface area contributed by atoms with Gasteiger partial charge >= 0.3 is 0 Å². The summed E-state index contributed by atoms with van der Waals surface area (Å²) in [6, 6.07) is 8.24. The van der Waals surface area contributed by atoms with E-state index in [2.05, 4.69) is 35.5 Å². The van der Waals surface area contributed by atoms with Gasteiger partial charge in [0.1, 0.15) is 5.82 Å². The molecule has 3 rings (SSSR count). The number of ketones is 1. The van der Waals surface area contributed by atoms with Gasteiger partial charge < -0.3 is 10.3 Å². The van der Waals surface area contributed by atoms with Crippen molar-refractivity contribution in [1.29, 1.82) is 0 Å². The zero-order valence-corrected chi connectivity index (χ0v) is 17.8. The number of carbonyl (C=O) groups excluding carboxylic acids is 2. The van der Waals surface area contributed by atoms with Crippen LogP contribution in [-0.4, -0.2) is 31.7 Å². The van der Waals surface area contributed by atoms with Crippen molar-refractivity contribution in [2.24, 2.45) is 5.73 Å². The second kappa shape index (κ2) is 8.07. The zero-order valence-electron chi connectivity index (χ0n) is 16.9. The maximum atomic E-state index is 12.9. The summed E-state index contributed by atoms with van der Waals surface area (Å²) >= 11 is 1.43. The Labute approximate surface area is 170 Å². The van der Waals surface area contributed by atoms with Crippen LogP contribution >= 0.6 is 11.8 Å². The molecule has 0 aliphatic heterocycles. The number of aromatic nitrogens is 3. The molecule has 0 saturated heterocycles. The van der Waals surface area contributed by atoms with Gasteiger partial charge in [-0.1, -0.05) is 56.8 Å². The van der Waals surface area contributed by atoms with Crippen LogP contribution in [0.25, 0.3) is 0 Å². The molecule has 150 valence electrons. The van der Waals surface area contributed by atoms with Crippen LogP contribution in [0.2, 0.25) is 0 Å². The van der Waals surface area contributed by atoms with Crippen LogP contribution in [-0.2, 0) is 16.6 Å². The molecule has 1 amide bonds. The van der Waals surface area contributed by atoms with Gasteiger partial charge in [0.15, 0.2) is 10.9 Å². The summed E-state index contributed by atoms with van der Waals surface area (Å²) in [5.41, 5.74) is 7.24. The molecule has 0 bridgehead atoms. The third-order valence-corrected chi connectivity index (χ3v) is 5.99. The number of hydrogen-bond acceptors (Lipinski definition) is 5. The predicted molar refractivity (Wildman–Crippen MR) is 111 cm³/mol. The van der Waals surface area contributed by atoms with Crippen molar-refractivity contribution in [3.63, 3.8) is 0 Å². The fraction of sp³-hybridized carbons (Fsp3) is 0.524. The van der Waals surface area contributed by atoms with Crippen molar-refractivity contribution < 1.29 is 9.59 Å². The first-order valence-electron chi connectivity index (χ1n) is 9.70. The number of benzene rings is 1. The lowest BCUT2D eigenvalue weighted by Crippen LogP contribution is -2.16. The van der Waals surface area contributed by atoms with Gasteiger partial charge in [0, 0.05) is 24.4 Å². The Kier molecular flexibility index (Phi) is 5.93. The number of hydrogen-bond donors (Lipinski definition) is 1. The molecule has 1 aliphatic rings. The van der Waals surface area contributed by atoms with Crippen molar-refractivity contribution >= 4 is 23.5 Å². The predicted octanol–water partition coefficient (Wildman–Crippen LogP) is 3.69. The molecular weight excluding hydrogens is 372 g/mol. The molecule has 0 radical (unpaired) electrons. The summed E-state index contributed by atoms with van der Waals surface area (Å²) < 4.78 is 2.08. The van der Waals surface area contributed by atoms with Crippen LogP contribution in [0.4, 0.5) is 0 Å². The largest absolute Gasteiger partial charge is 0.370 e. The lowest BCUT2D eigenvalue weighted by atomic mass is 9.86. The van der Waals surface area contributed by atoms with Gasteiger partial charge in [-0.15, -0.1) is 10.2 Å². The molecule has 1 aromatic carbocycles. The standard InChI is InChI=1S/C21H28N4O2S/c1-13(19(27)14-5-7-15(8-6-14)21(2,3)4)28-20-24-23-18(12-11-17(22)26)25(20)16-9-10-16/h5-8,13,16H,9-12H2,1-4H3,(H2,22,26)/t13-/m1/s1. The molecular formula is C21H28N4O2S. The average molecular weight is 401 g/mol. The third kappa shape index (κ3) is 4.82. The molecule has 1 saturated carbocycles. The second-order valence-electron chi connectivity index (χ2n) is 8.42. The van der Waals surface area contributed by atoms with Crippen LogP contribution in [0, 0.1) is 0 Å². The molecule has 1 atom stereocenters. The number of primary amides is 1. The van der Waals surface area contributed by atoms with Crippen molar-refractivity contribution in [3.8, 4) is 0 Å². The highest BCUT2D eigenvalue weighted by Gasteiger charge is 2.31. The maximum Gasteiger partial charge on any atom is 0.217 e. The van der Waals surface area contributed by atoms with Gasteiger partial charge in [-0.05, 0) is 30.7 Å². The Morgan fingerprint density at radius 1 is 1.21 bits per heavy atom. The minimum Gasteiger partial charge on any atom is -0.370 e. The summed E-state index contributed by atoms with van der Waals surface area (Å²) in [7, 11) is 0. The first-order valence-corrected chi connectivity index (χ1v) is 10.6. The number of nitrogens with two attached hydrogens (primary N) is 1. The van der Waals surface area contributed by atoms with Crippen LogP contribution in [0.3, 0.4) is 0 Å². The lowest BCUT2D eigenvalue weighted by molar-refractivity contribution is -0.118. The van der Waals surface area contributed by atoms with E-state index in [4.69, 9.17) is 5.73 Å². The number of aryl methyl sites for hydroxylation is 1. The number of carbonyl (C=O) groups is 2. The van der Waals surface area contributed by atoms with E-state index >= 15 is 0 Å². The van der Waals surface area contributed by atoms with Gasteiger partial charge in [0.25, 0.3) is 0 Å². The molecule has 6 nitrogen and oxygen atoms in total. The molecule has 2 N–H and O–H groups in total. The molecule has 0 unspecified atom stereocenters. The van der Waals surface area contributed by atoms with Crippen molar-refractivity contribution in [2.45, 2.75) is 75.2 Å². The molecule has 1 aromatic heterocycles.